The molecule has 126 valence electrons. The number of hydrogen-bond acceptors (Lipinski definition) is 7. The van der Waals surface area contributed by atoms with Crippen molar-refractivity contribution in [2.75, 3.05) is 6.61 Å². The van der Waals surface area contributed by atoms with E-state index in [4.69, 9.17) is 5.11 Å². The Hall–Kier alpha value is -1.91. The van der Waals surface area contributed by atoms with Gasteiger partial charge in [-0.25, -0.2) is 9.37 Å². The van der Waals surface area contributed by atoms with Gasteiger partial charge in [-0.2, -0.15) is 0 Å². The molecule has 2 rings (SSSR count). The summed E-state index contributed by atoms with van der Waals surface area (Å²) in [5.74, 6) is -0.542. The maximum absolute atomic E-state index is 13.1. The van der Waals surface area contributed by atoms with Crippen LogP contribution in [0.15, 0.2) is 23.0 Å². The fourth-order valence-electron chi connectivity index (χ4n) is 2.12. The quantitative estimate of drug-likeness (QED) is 0.361. The number of fused-ring (bicyclic) bond motifs is 1. The van der Waals surface area contributed by atoms with Crippen LogP contribution < -0.4 is 5.56 Å². The van der Waals surface area contributed by atoms with E-state index in [2.05, 4.69) is 9.97 Å². The Balaban J connectivity index is 2.22. The van der Waals surface area contributed by atoms with Gasteiger partial charge < -0.3 is 30.5 Å². The van der Waals surface area contributed by atoms with E-state index in [-0.39, 0.29) is 11.2 Å². The third-order valence-corrected chi connectivity index (χ3v) is 3.45. The highest BCUT2D eigenvalue weighted by Gasteiger charge is 2.30. The summed E-state index contributed by atoms with van der Waals surface area (Å²) in [5, 5.41) is 47.1. The number of halogens is 1. The van der Waals surface area contributed by atoms with Gasteiger partial charge >= 0.3 is 0 Å². The van der Waals surface area contributed by atoms with Gasteiger partial charge in [0.2, 0.25) is 0 Å². The van der Waals surface area contributed by atoms with Gasteiger partial charge in [-0.1, -0.05) is 0 Å². The predicted octanol–water partition coefficient (Wildman–Crippen LogP) is -1.96. The van der Waals surface area contributed by atoms with Crippen molar-refractivity contribution in [2.24, 2.45) is 0 Å². The van der Waals surface area contributed by atoms with Crippen molar-refractivity contribution in [1.82, 2.24) is 9.97 Å². The molecule has 2 unspecified atom stereocenters. The normalized spacial score (nSPS) is 17.0. The zero-order chi connectivity index (χ0) is 17.1. The number of benzene rings is 1. The minimum Gasteiger partial charge on any atom is -0.394 e. The highest BCUT2D eigenvalue weighted by atomic mass is 19.1. The lowest BCUT2D eigenvalue weighted by Gasteiger charge is -2.25. The van der Waals surface area contributed by atoms with Crippen molar-refractivity contribution in [3.05, 3.63) is 40.1 Å². The monoisotopic (exact) mass is 328 g/mol. The molecule has 8 nitrogen and oxygen atoms in total. The van der Waals surface area contributed by atoms with E-state index >= 15 is 0 Å². The summed E-state index contributed by atoms with van der Waals surface area (Å²) in [6.07, 6.45) is -7.21. The number of hydrogen-bond donors (Lipinski definition) is 6. The molecule has 0 spiro atoms. The lowest BCUT2D eigenvalue weighted by atomic mass is 10.00. The van der Waals surface area contributed by atoms with E-state index in [0.29, 0.717) is 5.52 Å². The maximum Gasteiger partial charge on any atom is 0.270 e. The first kappa shape index (κ1) is 17.4. The summed E-state index contributed by atoms with van der Waals surface area (Å²) < 4.78 is 13.1. The van der Waals surface area contributed by atoms with Crippen molar-refractivity contribution in [2.45, 2.75) is 30.8 Å². The first-order chi connectivity index (χ1) is 10.8. The average Bonchev–Trinajstić information content (AvgIpc) is 2.53. The number of nitrogens with one attached hydrogen (secondary N) is 1. The van der Waals surface area contributed by atoms with Crippen molar-refractivity contribution in [3.8, 4) is 0 Å². The zero-order valence-corrected chi connectivity index (χ0v) is 11.9. The number of aromatic amines is 1. The summed E-state index contributed by atoms with van der Waals surface area (Å²) >= 11 is 0. The molecule has 23 heavy (non-hydrogen) atoms. The molecule has 6 N–H and O–H groups in total. The third-order valence-electron chi connectivity index (χ3n) is 3.45. The Labute approximate surface area is 129 Å². The Bertz CT molecular complexity index is 737. The summed E-state index contributed by atoms with van der Waals surface area (Å²) in [5.41, 5.74) is -0.323. The van der Waals surface area contributed by atoms with Gasteiger partial charge in [-0.3, -0.25) is 4.79 Å². The molecule has 4 atom stereocenters. The smallest absolute Gasteiger partial charge is 0.270 e. The van der Waals surface area contributed by atoms with Crippen LogP contribution in [0.5, 0.6) is 0 Å². The standard InChI is InChI=1S/C14H17FN2O6/c15-6-1-2-7-8(3-6)17-14(23)9(16-7)4-10(19)12(21)13(22)11(20)5-18/h1-3,10-13,18-22H,4-5H2,(H,17,23)/t10?,11-,12-,13?/m1/s1. The highest BCUT2D eigenvalue weighted by molar-refractivity contribution is 5.73. The van der Waals surface area contributed by atoms with Gasteiger partial charge in [0, 0.05) is 6.42 Å². The van der Waals surface area contributed by atoms with Crippen LogP contribution >= 0.6 is 0 Å². The highest BCUT2D eigenvalue weighted by Crippen LogP contribution is 2.12. The molecule has 0 fully saturated rings. The molecule has 0 aliphatic heterocycles. The second-order valence-electron chi connectivity index (χ2n) is 5.18. The average molecular weight is 328 g/mol. The maximum atomic E-state index is 13.1. The van der Waals surface area contributed by atoms with Gasteiger partial charge in [0.05, 0.1) is 23.7 Å². The zero-order valence-electron chi connectivity index (χ0n) is 11.9. The molecule has 1 heterocycles. The van der Waals surface area contributed by atoms with Crippen molar-refractivity contribution >= 4 is 11.0 Å². The van der Waals surface area contributed by atoms with E-state index in [9.17, 15) is 29.6 Å². The van der Waals surface area contributed by atoms with Gasteiger partial charge in [-0.15, -0.1) is 0 Å². The third kappa shape index (κ3) is 3.89. The fraction of sp³-hybridized carbons (Fsp3) is 0.429. The van der Waals surface area contributed by atoms with Gasteiger partial charge in [0.25, 0.3) is 5.56 Å². The van der Waals surface area contributed by atoms with E-state index in [1.165, 1.54) is 6.07 Å². The second-order valence-corrected chi connectivity index (χ2v) is 5.18. The first-order valence-electron chi connectivity index (χ1n) is 6.85. The topological polar surface area (TPSA) is 147 Å². The second kappa shape index (κ2) is 7.11. The molecule has 9 heteroatoms. The Morgan fingerprint density at radius 1 is 1.13 bits per heavy atom. The van der Waals surface area contributed by atoms with Crippen LogP contribution in [0, 0.1) is 5.82 Å². The largest absolute Gasteiger partial charge is 0.394 e. The van der Waals surface area contributed by atoms with Crippen molar-refractivity contribution in [3.63, 3.8) is 0 Å². The van der Waals surface area contributed by atoms with Crippen LogP contribution in [0.1, 0.15) is 5.69 Å². The lowest BCUT2D eigenvalue weighted by Crippen LogP contribution is -2.47. The first-order valence-corrected chi connectivity index (χ1v) is 6.85. The van der Waals surface area contributed by atoms with Gasteiger partial charge in [-0.05, 0) is 18.2 Å². The molecule has 0 amide bonds. The molecular formula is C14H17FN2O6. The lowest BCUT2D eigenvalue weighted by molar-refractivity contribution is -0.114. The molecule has 1 aromatic carbocycles. The van der Waals surface area contributed by atoms with Crippen LogP contribution in [-0.4, -0.2) is 66.5 Å². The number of H-pyrrole nitrogens is 1. The van der Waals surface area contributed by atoms with Crippen molar-refractivity contribution in [1.29, 1.82) is 0 Å². The van der Waals surface area contributed by atoms with Crippen LogP contribution in [0.4, 0.5) is 4.39 Å². The SMILES string of the molecule is O=c1[nH]c2cc(F)ccc2nc1CC(O)[C@@H](O)C(O)[C@H](O)CO. The van der Waals surface area contributed by atoms with E-state index in [1.54, 1.807) is 0 Å². The fourth-order valence-corrected chi connectivity index (χ4v) is 2.12. The molecule has 0 radical (unpaired) electrons. The van der Waals surface area contributed by atoms with Crippen LogP contribution in [0.2, 0.25) is 0 Å². The molecule has 0 saturated heterocycles. The molecule has 1 aromatic heterocycles. The van der Waals surface area contributed by atoms with Crippen LogP contribution in [0.25, 0.3) is 11.0 Å². The summed E-state index contributed by atoms with van der Waals surface area (Å²) in [6, 6.07) is 3.60. The Morgan fingerprint density at radius 2 is 1.78 bits per heavy atom. The van der Waals surface area contributed by atoms with Crippen molar-refractivity contribution < 1.29 is 29.9 Å². The summed E-state index contributed by atoms with van der Waals surface area (Å²) in [4.78, 5) is 18.3. The van der Waals surface area contributed by atoms with Crippen LogP contribution in [-0.2, 0) is 6.42 Å². The van der Waals surface area contributed by atoms with E-state index < -0.39 is 48.8 Å². The van der Waals surface area contributed by atoms with Gasteiger partial charge in [0.1, 0.15) is 29.8 Å². The number of nitrogens with zero attached hydrogens (tertiary/aromatic N) is 1. The molecule has 0 bridgehead atoms. The Morgan fingerprint density at radius 3 is 2.43 bits per heavy atom. The number of aliphatic hydroxyl groups is 5. The number of aromatic nitrogens is 2. The molecule has 0 aliphatic carbocycles. The van der Waals surface area contributed by atoms with E-state index in [1.807, 2.05) is 0 Å². The molecule has 0 saturated carbocycles. The summed E-state index contributed by atoms with van der Waals surface area (Å²) in [6.45, 7) is -0.800. The Kier molecular flexibility index (Phi) is 5.39. The molecule has 2 aromatic rings. The molecule has 0 aliphatic rings. The minimum absolute atomic E-state index is 0.124. The minimum atomic E-state index is -1.79. The summed E-state index contributed by atoms with van der Waals surface area (Å²) in [7, 11) is 0. The molecular weight excluding hydrogens is 311 g/mol. The number of aliphatic hydroxyl groups excluding tert-OH is 5. The predicted molar refractivity (Wildman–Crippen MR) is 77.1 cm³/mol. The number of rotatable bonds is 6. The van der Waals surface area contributed by atoms with E-state index in [0.717, 1.165) is 12.1 Å². The van der Waals surface area contributed by atoms with Gasteiger partial charge in [0.15, 0.2) is 0 Å². The van der Waals surface area contributed by atoms with Crippen LogP contribution in [0.3, 0.4) is 0 Å².